The van der Waals surface area contributed by atoms with Gasteiger partial charge in [0, 0.05) is 13.0 Å². The first-order valence-electron chi connectivity index (χ1n) is 7.58. The van der Waals surface area contributed by atoms with Gasteiger partial charge in [-0.2, -0.15) is 0 Å². The summed E-state index contributed by atoms with van der Waals surface area (Å²) in [6.45, 7) is 7.85. The number of hydrogen-bond donors (Lipinski definition) is 2. The molecule has 0 radical (unpaired) electrons. The van der Waals surface area contributed by atoms with Crippen molar-refractivity contribution < 1.29 is 4.79 Å². The van der Waals surface area contributed by atoms with Gasteiger partial charge in [0.25, 0.3) is 0 Å². The van der Waals surface area contributed by atoms with Gasteiger partial charge in [0.1, 0.15) is 0 Å². The minimum atomic E-state index is 0.00359. The monoisotopic (exact) mass is 269 g/mol. The Hall–Kier alpha value is -0.610. The van der Waals surface area contributed by atoms with E-state index in [1.807, 2.05) is 0 Å². The fraction of sp³-hybridized carbons (Fsp3) is 0.933. The number of nitrogens with zero attached hydrogens (tertiary/aromatic N) is 1. The Morgan fingerprint density at radius 1 is 1.37 bits per heavy atom. The molecule has 1 rings (SSSR count). The number of carbonyl (C=O) groups is 1. The zero-order valence-corrected chi connectivity index (χ0v) is 12.9. The van der Waals surface area contributed by atoms with E-state index in [1.54, 1.807) is 0 Å². The number of piperidine rings is 1. The lowest BCUT2D eigenvalue weighted by Crippen LogP contribution is -2.38. The molecule has 3 N–H and O–H groups in total. The molecule has 0 unspecified atom stereocenters. The molecule has 1 aliphatic heterocycles. The van der Waals surface area contributed by atoms with E-state index in [1.165, 1.54) is 32.4 Å². The summed E-state index contributed by atoms with van der Waals surface area (Å²) in [6, 6.07) is 0. The van der Waals surface area contributed by atoms with Crippen LogP contribution in [-0.2, 0) is 4.79 Å². The number of carbonyl (C=O) groups excluding carboxylic acids is 1. The predicted molar refractivity (Wildman–Crippen MR) is 79.9 cm³/mol. The third kappa shape index (κ3) is 6.92. The molecule has 1 amide bonds. The van der Waals surface area contributed by atoms with Gasteiger partial charge in [-0.1, -0.05) is 13.8 Å². The lowest BCUT2D eigenvalue weighted by atomic mass is 9.91. The molecule has 1 saturated heterocycles. The van der Waals surface area contributed by atoms with Crippen molar-refractivity contribution in [3.8, 4) is 0 Å². The zero-order chi connectivity index (χ0) is 14.3. The van der Waals surface area contributed by atoms with Crippen molar-refractivity contribution >= 4 is 5.91 Å². The summed E-state index contributed by atoms with van der Waals surface area (Å²) in [6.07, 6.45) is 5.45. The highest BCUT2D eigenvalue weighted by Gasteiger charge is 2.18. The van der Waals surface area contributed by atoms with Gasteiger partial charge in [0.2, 0.25) is 5.91 Å². The first-order chi connectivity index (χ1) is 8.93. The van der Waals surface area contributed by atoms with Crippen molar-refractivity contribution in [3.63, 3.8) is 0 Å². The van der Waals surface area contributed by atoms with E-state index in [0.29, 0.717) is 19.5 Å². The molecular formula is C15H31N3O. The summed E-state index contributed by atoms with van der Waals surface area (Å²) in [7, 11) is 2.18. The fourth-order valence-electron chi connectivity index (χ4n) is 2.40. The maximum atomic E-state index is 11.7. The Kier molecular flexibility index (Phi) is 6.80. The van der Waals surface area contributed by atoms with Gasteiger partial charge in [-0.15, -0.1) is 0 Å². The van der Waals surface area contributed by atoms with Crippen molar-refractivity contribution in [1.82, 2.24) is 10.2 Å². The van der Waals surface area contributed by atoms with Gasteiger partial charge in [0.15, 0.2) is 0 Å². The Bertz CT molecular complexity index is 271. The van der Waals surface area contributed by atoms with Gasteiger partial charge in [-0.05, 0) is 63.7 Å². The SMILES string of the molecule is CN1CCC(CCCC(=O)NCC(C)(C)CN)CC1. The third-order valence-electron chi connectivity index (χ3n) is 4.17. The van der Waals surface area contributed by atoms with Crippen LogP contribution in [0.15, 0.2) is 0 Å². The van der Waals surface area contributed by atoms with E-state index >= 15 is 0 Å². The third-order valence-corrected chi connectivity index (χ3v) is 4.17. The van der Waals surface area contributed by atoms with Crippen molar-refractivity contribution in [2.24, 2.45) is 17.1 Å². The summed E-state index contributed by atoms with van der Waals surface area (Å²) in [4.78, 5) is 14.1. The molecule has 1 aliphatic rings. The highest BCUT2D eigenvalue weighted by Crippen LogP contribution is 2.21. The number of hydrogen-bond acceptors (Lipinski definition) is 3. The normalized spacial score (nSPS) is 18.5. The quantitative estimate of drug-likeness (QED) is 0.738. The van der Waals surface area contributed by atoms with Crippen molar-refractivity contribution in [1.29, 1.82) is 0 Å². The Morgan fingerprint density at radius 2 is 2.00 bits per heavy atom. The van der Waals surface area contributed by atoms with Crippen LogP contribution < -0.4 is 11.1 Å². The second-order valence-electron chi connectivity index (χ2n) is 6.78. The molecule has 0 atom stereocenters. The topological polar surface area (TPSA) is 58.4 Å². The fourth-order valence-corrected chi connectivity index (χ4v) is 2.40. The van der Waals surface area contributed by atoms with E-state index < -0.39 is 0 Å². The van der Waals surface area contributed by atoms with Crippen molar-refractivity contribution in [3.05, 3.63) is 0 Å². The highest BCUT2D eigenvalue weighted by atomic mass is 16.1. The highest BCUT2D eigenvalue weighted by molar-refractivity contribution is 5.75. The number of amides is 1. The molecule has 4 heteroatoms. The molecule has 112 valence electrons. The molecule has 1 fully saturated rings. The van der Waals surface area contributed by atoms with Crippen LogP contribution in [0.25, 0.3) is 0 Å². The number of rotatable bonds is 7. The van der Waals surface area contributed by atoms with Crippen LogP contribution >= 0.6 is 0 Å². The van der Waals surface area contributed by atoms with Crippen molar-refractivity contribution in [2.45, 2.75) is 46.0 Å². The molecular weight excluding hydrogens is 238 g/mol. The molecule has 0 saturated carbocycles. The Balaban J connectivity index is 2.07. The van der Waals surface area contributed by atoms with Crippen LogP contribution in [0, 0.1) is 11.3 Å². The van der Waals surface area contributed by atoms with Crippen LogP contribution in [0.1, 0.15) is 46.0 Å². The van der Waals surface area contributed by atoms with Crippen LogP contribution in [0.2, 0.25) is 0 Å². The number of nitrogens with one attached hydrogen (secondary N) is 1. The molecule has 0 bridgehead atoms. The smallest absolute Gasteiger partial charge is 0.220 e. The summed E-state index contributed by atoms with van der Waals surface area (Å²) in [5.41, 5.74) is 5.65. The van der Waals surface area contributed by atoms with Crippen LogP contribution in [-0.4, -0.2) is 44.0 Å². The van der Waals surface area contributed by atoms with Gasteiger partial charge >= 0.3 is 0 Å². The maximum absolute atomic E-state index is 11.7. The summed E-state index contributed by atoms with van der Waals surface area (Å²) < 4.78 is 0. The molecule has 0 aliphatic carbocycles. The Morgan fingerprint density at radius 3 is 2.58 bits per heavy atom. The molecule has 0 spiro atoms. The average molecular weight is 269 g/mol. The summed E-state index contributed by atoms with van der Waals surface area (Å²) in [5, 5.41) is 2.99. The number of nitrogens with two attached hydrogens (primary N) is 1. The van der Waals surface area contributed by atoms with Gasteiger partial charge in [-0.3, -0.25) is 4.79 Å². The van der Waals surface area contributed by atoms with E-state index in [4.69, 9.17) is 5.73 Å². The molecule has 1 heterocycles. The maximum Gasteiger partial charge on any atom is 0.220 e. The largest absolute Gasteiger partial charge is 0.356 e. The molecule has 0 aromatic carbocycles. The second kappa shape index (κ2) is 7.85. The average Bonchev–Trinajstić information content (AvgIpc) is 2.39. The van der Waals surface area contributed by atoms with Crippen molar-refractivity contribution in [2.75, 3.05) is 33.2 Å². The van der Waals surface area contributed by atoms with E-state index in [2.05, 4.69) is 31.1 Å². The second-order valence-corrected chi connectivity index (χ2v) is 6.78. The van der Waals surface area contributed by atoms with Crippen LogP contribution in [0.5, 0.6) is 0 Å². The Labute approximate surface area is 118 Å². The predicted octanol–water partition coefficient (Wildman–Crippen LogP) is 1.60. The molecule has 19 heavy (non-hydrogen) atoms. The molecule has 0 aromatic rings. The first-order valence-corrected chi connectivity index (χ1v) is 7.58. The van der Waals surface area contributed by atoms with Crippen LogP contribution in [0.4, 0.5) is 0 Å². The minimum Gasteiger partial charge on any atom is -0.356 e. The summed E-state index contributed by atoms with van der Waals surface area (Å²) in [5.74, 6) is 0.999. The van der Waals surface area contributed by atoms with Crippen LogP contribution in [0.3, 0.4) is 0 Å². The van der Waals surface area contributed by atoms with E-state index in [0.717, 1.165) is 12.3 Å². The van der Waals surface area contributed by atoms with Gasteiger partial charge in [0.05, 0.1) is 0 Å². The minimum absolute atomic E-state index is 0.00359. The van der Waals surface area contributed by atoms with Gasteiger partial charge < -0.3 is 16.0 Å². The lowest BCUT2D eigenvalue weighted by Gasteiger charge is -2.28. The first kappa shape index (κ1) is 16.4. The zero-order valence-electron chi connectivity index (χ0n) is 12.9. The van der Waals surface area contributed by atoms with E-state index in [9.17, 15) is 4.79 Å². The molecule has 0 aromatic heterocycles. The van der Waals surface area contributed by atoms with Gasteiger partial charge in [-0.25, -0.2) is 0 Å². The summed E-state index contributed by atoms with van der Waals surface area (Å²) >= 11 is 0. The molecule has 4 nitrogen and oxygen atoms in total. The number of likely N-dealkylation sites (tertiary alicyclic amines) is 1. The van der Waals surface area contributed by atoms with E-state index in [-0.39, 0.29) is 11.3 Å². The standard InChI is InChI=1S/C15H31N3O/c1-15(2,11-16)12-17-14(19)6-4-5-13-7-9-18(3)10-8-13/h13H,4-12,16H2,1-3H3,(H,17,19). The lowest BCUT2D eigenvalue weighted by molar-refractivity contribution is -0.121.